The quantitative estimate of drug-likeness (QED) is 0.166. The molecule has 2 N–H and O–H groups in total. The van der Waals surface area contributed by atoms with Gasteiger partial charge in [-0.25, -0.2) is 16.5 Å². The summed E-state index contributed by atoms with van der Waals surface area (Å²) in [5, 5.41) is 19.6. The van der Waals surface area contributed by atoms with Crippen LogP contribution in [0, 0.1) is 29.6 Å². The van der Waals surface area contributed by atoms with Crippen LogP contribution in [0.15, 0.2) is 23.7 Å². The molecular formula is C30H41N4NaO6S-2. The van der Waals surface area contributed by atoms with Crippen molar-refractivity contribution >= 4 is 30.4 Å². The predicted molar refractivity (Wildman–Crippen MR) is 158 cm³/mol. The number of nitrogens with one attached hydrogen (secondary N) is 1. The molecule has 42 heavy (non-hydrogen) atoms. The van der Waals surface area contributed by atoms with Crippen molar-refractivity contribution in [2.24, 2.45) is 5.41 Å². The number of nitrogens with zero attached hydrogens (tertiary/aromatic N) is 3. The fourth-order valence-electron chi connectivity index (χ4n) is 3.25. The number of aliphatic hydroxyl groups excluding tert-OH is 1. The Balaban J connectivity index is 0.000000682. The summed E-state index contributed by atoms with van der Waals surface area (Å²) in [6.07, 6.45) is 5.92. The van der Waals surface area contributed by atoms with E-state index in [0.29, 0.717) is 65.1 Å². The average molecular weight is 609 g/mol. The molecule has 2 amide bonds. The van der Waals surface area contributed by atoms with Crippen molar-refractivity contribution < 1.29 is 58.5 Å². The molecule has 2 heterocycles. The zero-order valence-electron chi connectivity index (χ0n) is 25.6. The van der Waals surface area contributed by atoms with E-state index in [2.05, 4.69) is 31.1 Å². The number of β-amino-alcohol motifs (C(OH)–C–C–N with tert-alkyl or cyclic N) is 1. The number of rotatable bonds is 11. The summed E-state index contributed by atoms with van der Waals surface area (Å²) in [6.45, 7) is 13.4. The maximum absolute atomic E-state index is 10.5. The topological polar surface area (TPSA) is 142 Å². The van der Waals surface area contributed by atoms with Gasteiger partial charge in [-0.05, 0) is 43.9 Å². The fourth-order valence-corrected chi connectivity index (χ4v) is 4.05. The van der Waals surface area contributed by atoms with Crippen LogP contribution >= 0.6 is 11.3 Å². The molecule has 1 aromatic carbocycles. The smallest absolute Gasteiger partial charge is 0.540 e. The van der Waals surface area contributed by atoms with Crippen LogP contribution in [-0.2, 0) is 25.7 Å². The summed E-state index contributed by atoms with van der Waals surface area (Å²) in [5.41, 5.74) is 4.18. The summed E-state index contributed by atoms with van der Waals surface area (Å²) in [6, 6.07) is 7.87. The first kappa shape index (κ1) is 39.7. The van der Waals surface area contributed by atoms with Crippen LogP contribution in [-0.4, -0.2) is 73.1 Å². The summed E-state index contributed by atoms with van der Waals surface area (Å²) in [4.78, 5) is 37.0. The second-order valence-electron chi connectivity index (χ2n) is 9.91. The minimum absolute atomic E-state index is 0. The first-order chi connectivity index (χ1) is 19.6. The monoisotopic (exact) mass is 608 g/mol. The van der Waals surface area contributed by atoms with Crippen molar-refractivity contribution in [1.82, 2.24) is 15.2 Å². The molecule has 2 fully saturated rings. The Bertz CT molecular complexity index is 1100. The molecule has 2 aliphatic rings. The molecule has 1 saturated heterocycles. The number of carbonyl (C=O) groups excluding carboxylic acids is 3. The molecule has 1 atom stereocenters. The maximum atomic E-state index is 10.5. The molecule has 10 nitrogen and oxygen atoms in total. The third-order valence-electron chi connectivity index (χ3n) is 5.59. The number of hydrogen-bond donors (Lipinski definition) is 2. The van der Waals surface area contributed by atoms with Crippen molar-refractivity contribution in [3.05, 3.63) is 40.9 Å². The number of aliphatic hydroxyl groups is 1. The van der Waals surface area contributed by atoms with Gasteiger partial charge in [0.1, 0.15) is 12.4 Å². The van der Waals surface area contributed by atoms with Gasteiger partial charge in [-0.3, -0.25) is 4.79 Å². The van der Waals surface area contributed by atoms with E-state index in [1.54, 1.807) is 24.0 Å². The fraction of sp³-hybridized carbons (Fsp3) is 0.533. The summed E-state index contributed by atoms with van der Waals surface area (Å²) in [7, 11) is 0. The van der Waals surface area contributed by atoms with Gasteiger partial charge in [-0.1, -0.05) is 25.0 Å². The molecule has 1 aliphatic heterocycles. The van der Waals surface area contributed by atoms with Gasteiger partial charge in [0, 0.05) is 31.3 Å². The van der Waals surface area contributed by atoms with E-state index in [1.165, 1.54) is 10.8 Å². The maximum Gasteiger partial charge on any atom is 1.00 e. The van der Waals surface area contributed by atoms with Gasteiger partial charge >= 0.3 is 29.6 Å². The van der Waals surface area contributed by atoms with E-state index in [9.17, 15) is 14.4 Å². The first-order valence-corrected chi connectivity index (χ1v) is 14.3. The van der Waals surface area contributed by atoms with Crippen molar-refractivity contribution in [2.75, 3.05) is 32.9 Å². The Morgan fingerprint density at radius 3 is 2.40 bits per heavy atom. The molecule has 2 aromatic rings. The third-order valence-corrected chi connectivity index (χ3v) is 6.57. The zero-order chi connectivity index (χ0) is 30.7. The van der Waals surface area contributed by atoms with Crippen LogP contribution < -0.4 is 39.6 Å². The van der Waals surface area contributed by atoms with Crippen molar-refractivity contribution in [3.8, 4) is 22.3 Å². The van der Waals surface area contributed by atoms with Crippen LogP contribution in [0.3, 0.4) is 0 Å². The molecule has 1 aliphatic carbocycles. The van der Waals surface area contributed by atoms with E-state index in [0.717, 1.165) is 27.4 Å². The van der Waals surface area contributed by atoms with E-state index in [4.69, 9.17) is 19.8 Å². The Kier molecular flexibility index (Phi) is 21.0. The number of hydrogen-bond acceptors (Lipinski definition) is 9. The SMILES string of the molecule is CCOCCOc1cc(-c2scnc2C)ccc1CNC=O.C[C-](C)C.N#CC1([C-]=O)CC1.O=[C-]N1CCC(O)C1.[Na+]. The zero-order valence-corrected chi connectivity index (χ0v) is 28.4. The molecular weight excluding hydrogens is 567 g/mol. The second-order valence-corrected chi connectivity index (χ2v) is 10.8. The molecule has 12 heteroatoms. The summed E-state index contributed by atoms with van der Waals surface area (Å²) in [5.74, 6) is 2.18. The second kappa shape index (κ2) is 22.2. The van der Waals surface area contributed by atoms with Crippen LogP contribution in [0.4, 0.5) is 0 Å². The number of thiazole rings is 1. The Morgan fingerprint density at radius 2 is 2.00 bits per heavy atom. The number of carbonyl (C=O) groups is 1. The molecule has 0 spiro atoms. The average Bonchev–Trinajstić information content (AvgIpc) is 3.44. The number of ether oxygens (including phenoxy) is 2. The largest absolute Gasteiger partial charge is 1.00 e. The standard InChI is InChI=1S/C16H20N2O3S.C5H8NO2.C5H4NO.C4H9.Na/c1-3-20-6-7-21-15-8-13(16-12(2)18-11-22-16)4-5-14(15)9-17-10-19;7-4-6-2-1-5(8)3-6;6-3-5(4-7)1-2-5;1-4(2)3;/h4-5,8,10-11H,3,6-7,9H2,1-2H3,(H,17,19);5,8H,1-3H2;1-2H2;1-3H3;/q;3*-1;+1. The van der Waals surface area contributed by atoms with Gasteiger partial charge in [0.15, 0.2) is 0 Å². The van der Waals surface area contributed by atoms with E-state index in [-0.39, 0.29) is 35.7 Å². The van der Waals surface area contributed by atoms with Crippen molar-refractivity contribution in [2.45, 2.75) is 66.5 Å². The van der Waals surface area contributed by atoms with Gasteiger partial charge in [0.2, 0.25) is 6.41 Å². The number of aryl methyl sites for hydroxylation is 1. The van der Waals surface area contributed by atoms with E-state index >= 15 is 0 Å². The molecule has 226 valence electrons. The van der Waals surface area contributed by atoms with E-state index in [1.807, 2.05) is 43.6 Å². The Labute approximate surface area is 276 Å². The number of nitriles is 1. The number of amides is 2. The summed E-state index contributed by atoms with van der Waals surface area (Å²) < 4.78 is 11.1. The van der Waals surface area contributed by atoms with Crippen LogP contribution in [0.5, 0.6) is 5.75 Å². The molecule has 4 rings (SSSR count). The molecule has 1 saturated carbocycles. The predicted octanol–water partition coefficient (Wildman–Crippen LogP) is 0.924. The van der Waals surface area contributed by atoms with Gasteiger partial charge in [0.25, 0.3) is 0 Å². The third kappa shape index (κ3) is 15.8. The van der Waals surface area contributed by atoms with Gasteiger partial charge in [0.05, 0.1) is 28.8 Å². The minimum atomic E-state index is -0.667. The normalized spacial score (nSPS) is 15.6. The molecule has 0 radical (unpaired) electrons. The number of likely N-dealkylation sites (tertiary alicyclic amines) is 1. The van der Waals surface area contributed by atoms with Gasteiger partial charge < -0.3 is 40.3 Å². The summed E-state index contributed by atoms with van der Waals surface area (Å²) >= 11 is 1.60. The van der Waals surface area contributed by atoms with Crippen molar-refractivity contribution in [3.63, 3.8) is 0 Å². The number of aromatic nitrogens is 1. The van der Waals surface area contributed by atoms with Crippen LogP contribution in [0.2, 0.25) is 0 Å². The van der Waals surface area contributed by atoms with Crippen LogP contribution in [0.25, 0.3) is 10.4 Å². The Morgan fingerprint density at radius 1 is 1.31 bits per heavy atom. The molecule has 1 aromatic heterocycles. The van der Waals surface area contributed by atoms with E-state index < -0.39 is 5.41 Å². The van der Waals surface area contributed by atoms with Gasteiger partial charge in [-0.15, -0.1) is 11.3 Å². The van der Waals surface area contributed by atoms with Gasteiger partial charge in [-0.2, -0.15) is 27.2 Å². The first-order valence-electron chi connectivity index (χ1n) is 13.4. The molecule has 1 unspecified atom stereocenters. The van der Waals surface area contributed by atoms with Crippen molar-refractivity contribution in [1.29, 1.82) is 5.26 Å². The Hall–Kier alpha value is -2.33. The molecule has 0 bridgehead atoms. The van der Waals surface area contributed by atoms with Crippen LogP contribution in [0.1, 0.15) is 58.2 Å². The number of benzene rings is 1. The minimum Gasteiger partial charge on any atom is -0.540 e.